The number of hydrogen-bond donors (Lipinski definition) is 1. The third-order valence-electron chi connectivity index (χ3n) is 4.68. The fraction of sp³-hybridized carbons (Fsp3) is 0.625. The van der Waals surface area contributed by atoms with E-state index in [1.165, 1.54) is 25.3 Å². The molecule has 0 saturated heterocycles. The van der Waals surface area contributed by atoms with Gasteiger partial charge in [0.05, 0.1) is 6.04 Å². The maximum atomic E-state index is 14.1. The molecule has 1 unspecified atom stereocenters. The number of nitrogens with two attached hydrogens (primary N) is 1. The number of hydrogen-bond acceptors (Lipinski definition) is 2. The van der Waals surface area contributed by atoms with Crippen molar-refractivity contribution in [2.75, 3.05) is 14.1 Å². The minimum Gasteiger partial charge on any atom is -0.322 e. The van der Waals surface area contributed by atoms with E-state index >= 15 is 0 Å². The molecule has 1 aliphatic rings. The van der Waals surface area contributed by atoms with E-state index in [-0.39, 0.29) is 17.4 Å². The van der Waals surface area contributed by atoms with Gasteiger partial charge in [0.15, 0.2) is 0 Å². The highest BCUT2D eigenvalue weighted by Gasteiger charge is 2.41. The van der Waals surface area contributed by atoms with Gasteiger partial charge in [0.1, 0.15) is 5.82 Å². The fourth-order valence-corrected chi connectivity index (χ4v) is 3.39. The van der Waals surface area contributed by atoms with Crippen LogP contribution in [-0.2, 0) is 0 Å². The summed E-state index contributed by atoms with van der Waals surface area (Å²) in [5, 5.41) is 0. The molecule has 2 rings (SSSR count). The summed E-state index contributed by atoms with van der Waals surface area (Å²) in [4.78, 5) is 2.21. The van der Waals surface area contributed by atoms with Gasteiger partial charge in [0.25, 0.3) is 0 Å². The standard InChI is InChI=1S/C16H25FN2/c1-12-7-8-14(17)13(11-12)15(18)16(19(2)3)9-5-4-6-10-16/h7-8,11,15H,4-6,9-10,18H2,1-3H3. The first-order chi connectivity index (χ1) is 8.97. The lowest BCUT2D eigenvalue weighted by Crippen LogP contribution is -2.53. The van der Waals surface area contributed by atoms with E-state index in [1.54, 1.807) is 6.07 Å². The van der Waals surface area contributed by atoms with Crippen LogP contribution in [0, 0.1) is 12.7 Å². The lowest BCUT2D eigenvalue weighted by molar-refractivity contribution is 0.0701. The Morgan fingerprint density at radius 3 is 2.42 bits per heavy atom. The van der Waals surface area contributed by atoms with Gasteiger partial charge in [-0.25, -0.2) is 4.39 Å². The highest BCUT2D eigenvalue weighted by molar-refractivity contribution is 5.29. The van der Waals surface area contributed by atoms with Gasteiger partial charge in [-0.15, -0.1) is 0 Å². The van der Waals surface area contributed by atoms with Crippen LogP contribution in [0.1, 0.15) is 49.3 Å². The molecule has 0 radical (unpaired) electrons. The van der Waals surface area contributed by atoms with E-state index in [4.69, 9.17) is 5.73 Å². The summed E-state index contributed by atoms with van der Waals surface area (Å²) in [5.74, 6) is -0.176. The summed E-state index contributed by atoms with van der Waals surface area (Å²) >= 11 is 0. The second-order valence-electron chi connectivity index (χ2n) is 6.06. The molecule has 2 N–H and O–H groups in total. The van der Waals surface area contributed by atoms with Gasteiger partial charge in [-0.1, -0.05) is 37.0 Å². The molecule has 0 aliphatic heterocycles. The number of aryl methyl sites for hydroxylation is 1. The molecule has 0 bridgehead atoms. The lowest BCUT2D eigenvalue weighted by Gasteiger charge is -2.47. The SMILES string of the molecule is Cc1ccc(F)c(C(N)C2(N(C)C)CCCCC2)c1. The Balaban J connectivity index is 2.39. The number of likely N-dealkylation sites (N-methyl/N-ethyl adjacent to an activating group) is 1. The van der Waals surface area contributed by atoms with Gasteiger partial charge in [-0.05, 0) is 39.9 Å². The molecule has 106 valence electrons. The van der Waals surface area contributed by atoms with Crippen molar-refractivity contribution in [2.45, 2.75) is 50.6 Å². The van der Waals surface area contributed by atoms with Crippen LogP contribution in [0.2, 0.25) is 0 Å². The summed E-state index contributed by atoms with van der Waals surface area (Å²) in [6.07, 6.45) is 5.72. The average molecular weight is 264 g/mol. The van der Waals surface area contributed by atoms with Gasteiger partial charge >= 0.3 is 0 Å². The van der Waals surface area contributed by atoms with Crippen molar-refractivity contribution in [1.29, 1.82) is 0 Å². The first-order valence-corrected chi connectivity index (χ1v) is 7.16. The molecule has 0 spiro atoms. The molecule has 1 atom stereocenters. The van der Waals surface area contributed by atoms with Crippen LogP contribution in [-0.4, -0.2) is 24.5 Å². The van der Waals surface area contributed by atoms with Crippen molar-refractivity contribution >= 4 is 0 Å². The van der Waals surface area contributed by atoms with Gasteiger partial charge in [-0.2, -0.15) is 0 Å². The highest BCUT2D eigenvalue weighted by atomic mass is 19.1. The molecule has 0 aromatic heterocycles. The monoisotopic (exact) mass is 264 g/mol. The van der Waals surface area contributed by atoms with Crippen LogP contribution >= 0.6 is 0 Å². The Labute approximate surface area is 115 Å². The Morgan fingerprint density at radius 2 is 1.84 bits per heavy atom. The van der Waals surface area contributed by atoms with Crippen LogP contribution < -0.4 is 5.73 Å². The average Bonchev–Trinajstić information content (AvgIpc) is 2.41. The number of nitrogens with zero attached hydrogens (tertiary/aromatic N) is 1. The topological polar surface area (TPSA) is 29.3 Å². The Hall–Kier alpha value is -0.930. The third kappa shape index (κ3) is 2.67. The van der Waals surface area contributed by atoms with E-state index in [2.05, 4.69) is 19.0 Å². The second kappa shape index (κ2) is 5.59. The van der Waals surface area contributed by atoms with Gasteiger partial charge in [-0.3, -0.25) is 0 Å². The lowest BCUT2D eigenvalue weighted by atomic mass is 9.73. The smallest absolute Gasteiger partial charge is 0.128 e. The van der Waals surface area contributed by atoms with E-state index < -0.39 is 0 Å². The molecule has 1 aliphatic carbocycles. The molecular formula is C16H25FN2. The van der Waals surface area contributed by atoms with Gasteiger partial charge in [0, 0.05) is 11.1 Å². The molecule has 0 heterocycles. The zero-order valence-electron chi connectivity index (χ0n) is 12.2. The van der Waals surface area contributed by atoms with Crippen molar-refractivity contribution in [1.82, 2.24) is 4.90 Å². The Kier molecular flexibility index (Phi) is 4.26. The van der Waals surface area contributed by atoms with Crippen molar-refractivity contribution in [2.24, 2.45) is 5.73 Å². The maximum absolute atomic E-state index is 14.1. The molecule has 2 nitrogen and oxygen atoms in total. The molecule has 1 aromatic rings. The fourth-order valence-electron chi connectivity index (χ4n) is 3.39. The van der Waals surface area contributed by atoms with Crippen LogP contribution in [0.4, 0.5) is 4.39 Å². The summed E-state index contributed by atoms with van der Waals surface area (Å²) in [6, 6.07) is 4.98. The van der Waals surface area contributed by atoms with Crippen LogP contribution in [0.3, 0.4) is 0 Å². The van der Waals surface area contributed by atoms with E-state index in [0.29, 0.717) is 5.56 Å². The Bertz CT molecular complexity index is 436. The molecule has 1 fully saturated rings. The molecule has 1 saturated carbocycles. The van der Waals surface area contributed by atoms with Gasteiger partial charge in [0.2, 0.25) is 0 Å². The van der Waals surface area contributed by atoms with Crippen molar-refractivity contribution < 1.29 is 4.39 Å². The zero-order valence-corrected chi connectivity index (χ0v) is 12.2. The first kappa shape index (κ1) is 14.5. The predicted octanol–water partition coefficient (Wildman–Crippen LogP) is 3.40. The normalized spacial score (nSPS) is 20.5. The third-order valence-corrected chi connectivity index (χ3v) is 4.68. The summed E-state index contributed by atoms with van der Waals surface area (Å²) in [5.41, 5.74) is 8.12. The van der Waals surface area contributed by atoms with E-state index in [1.807, 2.05) is 13.0 Å². The Morgan fingerprint density at radius 1 is 1.21 bits per heavy atom. The van der Waals surface area contributed by atoms with Gasteiger partial charge < -0.3 is 10.6 Å². The van der Waals surface area contributed by atoms with Crippen LogP contribution in [0.5, 0.6) is 0 Å². The highest BCUT2D eigenvalue weighted by Crippen LogP contribution is 2.41. The summed E-state index contributed by atoms with van der Waals surface area (Å²) in [6.45, 7) is 1.98. The van der Waals surface area contributed by atoms with Crippen molar-refractivity contribution in [3.05, 3.63) is 35.1 Å². The first-order valence-electron chi connectivity index (χ1n) is 7.16. The zero-order chi connectivity index (χ0) is 14.0. The van der Waals surface area contributed by atoms with E-state index in [0.717, 1.165) is 18.4 Å². The number of halogens is 1. The van der Waals surface area contributed by atoms with Crippen molar-refractivity contribution in [3.8, 4) is 0 Å². The number of benzene rings is 1. The maximum Gasteiger partial charge on any atom is 0.128 e. The predicted molar refractivity (Wildman–Crippen MR) is 77.6 cm³/mol. The largest absolute Gasteiger partial charge is 0.322 e. The summed E-state index contributed by atoms with van der Waals surface area (Å²) < 4.78 is 14.1. The number of rotatable bonds is 3. The molecule has 0 amide bonds. The van der Waals surface area contributed by atoms with Crippen LogP contribution in [0.25, 0.3) is 0 Å². The van der Waals surface area contributed by atoms with Crippen LogP contribution in [0.15, 0.2) is 18.2 Å². The second-order valence-corrected chi connectivity index (χ2v) is 6.06. The summed E-state index contributed by atoms with van der Waals surface area (Å²) in [7, 11) is 4.14. The molecular weight excluding hydrogens is 239 g/mol. The minimum absolute atomic E-state index is 0.104. The van der Waals surface area contributed by atoms with E-state index in [9.17, 15) is 4.39 Å². The molecule has 1 aromatic carbocycles. The minimum atomic E-state index is -0.261. The molecule has 19 heavy (non-hydrogen) atoms. The van der Waals surface area contributed by atoms with Crippen molar-refractivity contribution in [3.63, 3.8) is 0 Å². The quantitative estimate of drug-likeness (QED) is 0.906. The molecule has 3 heteroatoms.